The van der Waals surface area contributed by atoms with Crippen LogP contribution in [0.3, 0.4) is 0 Å². The maximum absolute atomic E-state index is 13.7. The predicted octanol–water partition coefficient (Wildman–Crippen LogP) is 6.26. The molecule has 1 saturated carbocycles. The quantitative estimate of drug-likeness (QED) is 0.187. The fraction of sp³-hybridized carbons (Fsp3) is 0.419. The molecule has 2 fully saturated rings. The zero-order chi connectivity index (χ0) is 29.5. The number of amides is 1. The topological polar surface area (TPSA) is 106 Å². The highest BCUT2D eigenvalue weighted by atomic mass is 35.5. The van der Waals surface area contributed by atoms with Gasteiger partial charge in [-0.1, -0.05) is 24.1 Å². The fourth-order valence-corrected chi connectivity index (χ4v) is 5.20. The first-order valence-electron chi connectivity index (χ1n) is 14.4. The normalized spacial score (nSPS) is 17.4. The van der Waals surface area contributed by atoms with E-state index in [2.05, 4.69) is 25.5 Å². The third-order valence-corrected chi connectivity index (χ3v) is 7.70. The number of nitrogens with zero attached hydrogens (tertiary/aromatic N) is 3. The number of hydrogen-bond donors (Lipinski definition) is 2. The Labute approximate surface area is 249 Å². The van der Waals surface area contributed by atoms with E-state index in [1.54, 1.807) is 18.2 Å². The van der Waals surface area contributed by atoms with Crippen molar-refractivity contribution in [3.63, 3.8) is 0 Å². The first-order valence-corrected chi connectivity index (χ1v) is 14.8. The summed E-state index contributed by atoms with van der Waals surface area (Å²) in [6.07, 6.45) is 10.4. The molecule has 0 bridgehead atoms. The van der Waals surface area contributed by atoms with Crippen molar-refractivity contribution in [2.45, 2.75) is 51.5 Å². The molecule has 11 heteroatoms. The van der Waals surface area contributed by atoms with Crippen molar-refractivity contribution in [1.29, 1.82) is 0 Å². The number of hydrogen-bond acceptors (Lipinski definition) is 8. The molecule has 42 heavy (non-hydrogen) atoms. The van der Waals surface area contributed by atoms with Crippen LogP contribution in [0.4, 0.5) is 21.6 Å². The van der Waals surface area contributed by atoms with Crippen molar-refractivity contribution in [3.05, 3.63) is 59.7 Å². The van der Waals surface area contributed by atoms with Crippen LogP contribution in [0.25, 0.3) is 10.9 Å². The van der Waals surface area contributed by atoms with Crippen LogP contribution in [0.15, 0.2) is 48.8 Å². The molecule has 2 aromatic carbocycles. The van der Waals surface area contributed by atoms with Crippen LogP contribution in [-0.4, -0.2) is 59.1 Å². The predicted molar refractivity (Wildman–Crippen MR) is 161 cm³/mol. The van der Waals surface area contributed by atoms with Crippen LogP contribution in [0.1, 0.15) is 45.4 Å². The van der Waals surface area contributed by atoms with Crippen LogP contribution in [0.5, 0.6) is 5.75 Å². The van der Waals surface area contributed by atoms with Gasteiger partial charge < -0.3 is 20.1 Å². The molecule has 1 unspecified atom stereocenters. The molecule has 1 aromatic heterocycles. The molecule has 1 amide bonds. The molecule has 1 atom stereocenters. The molecular weight excluding hydrogens is 561 g/mol. The van der Waals surface area contributed by atoms with Gasteiger partial charge in [-0.15, -0.1) is 0 Å². The lowest BCUT2D eigenvalue weighted by Gasteiger charge is -2.34. The first-order chi connectivity index (χ1) is 20.4. The second-order valence-electron chi connectivity index (χ2n) is 10.6. The number of aromatic nitrogens is 2. The van der Waals surface area contributed by atoms with Crippen molar-refractivity contribution in [3.8, 4) is 5.75 Å². The van der Waals surface area contributed by atoms with Gasteiger partial charge in [0.1, 0.15) is 23.7 Å². The van der Waals surface area contributed by atoms with Crippen molar-refractivity contribution in [2.75, 3.05) is 36.9 Å². The maximum Gasteiger partial charge on any atom is 0.307 e. The Hall–Kier alpha value is -3.76. The largest absolute Gasteiger partial charge is 0.491 e. The number of fused-ring (bicyclic) bond motifs is 1. The van der Waals surface area contributed by atoms with E-state index in [1.165, 1.54) is 24.5 Å². The Morgan fingerprint density at radius 2 is 2.02 bits per heavy atom. The van der Waals surface area contributed by atoms with Crippen molar-refractivity contribution in [2.24, 2.45) is 5.92 Å². The molecule has 2 N–H and O–H groups in total. The van der Waals surface area contributed by atoms with E-state index < -0.39 is 5.82 Å². The number of piperidine rings is 1. The lowest BCUT2D eigenvalue weighted by molar-refractivity contribution is -0.144. The Kier molecular flexibility index (Phi) is 9.86. The van der Waals surface area contributed by atoms with Gasteiger partial charge in [-0.2, -0.15) is 0 Å². The van der Waals surface area contributed by atoms with Gasteiger partial charge in [0, 0.05) is 35.8 Å². The Balaban J connectivity index is 1.32. The number of rotatable bonds is 12. The molecule has 0 spiro atoms. The molecule has 0 radical (unpaired) electrons. The number of esters is 1. The first kappa shape index (κ1) is 29.7. The van der Waals surface area contributed by atoms with Gasteiger partial charge in [-0.3, -0.25) is 14.5 Å². The van der Waals surface area contributed by atoms with Gasteiger partial charge in [-0.25, -0.2) is 14.4 Å². The van der Waals surface area contributed by atoms with E-state index in [9.17, 15) is 14.0 Å². The summed E-state index contributed by atoms with van der Waals surface area (Å²) in [5.74, 6) is 0.506. The molecule has 1 saturated heterocycles. The zero-order valence-electron chi connectivity index (χ0n) is 23.6. The molecule has 222 valence electrons. The second kappa shape index (κ2) is 13.9. The fourth-order valence-electron chi connectivity index (χ4n) is 5.02. The number of likely N-dealkylation sites (tertiary alicyclic amines) is 1. The molecule has 9 nitrogen and oxygen atoms in total. The smallest absolute Gasteiger partial charge is 0.307 e. The summed E-state index contributed by atoms with van der Waals surface area (Å²) >= 11 is 5.96. The molecule has 5 rings (SSSR count). The minimum atomic E-state index is -0.514. The molecule has 1 aliphatic carbocycles. The van der Waals surface area contributed by atoms with E-state index in [-0.39, 0.29) is 22.9 Å². The molecular formula is C31H35ClFN5O4. The molecule has 3 aromatic rings. The highest BCUT2D eigenvalue weighted by Crippen LogP contribution is 2.36. The van der Waals surface area contributed by atoms with Crippen LogP contribution >= 0.6 is 11.6 Å². The Bertz CT molecular complexity index is 1460. The number of carbonyl (C=O) groups excluding carboxylic acids is 2. The number of benzene rings is 2. The standard InChI is InChI=1S/C31H35ClFN5O4/c1-2-41-30(40)15-22-6-3-4-12-38(22)13-5-7-29(39)37-27-16-23-26(17-28(27)42-18-20-8-9-20)34-19-35-31(23)36-21-10-11-25(33)24(32)14-21/h5,7,10-11,14,16-17,19-20,22H,2-4,6,8-9,12-13,15,18H2,1H3,(H,37,39)(H,34,35,36). The minimum absolute atomic E-state index is 0.00868. The lowest BCUT2D eigenvalue weighted by Crippen LogP contribution is -2.41. The van der Waals surface area contributed by atoms with Crippen molar-refractivity contribution in [1.82, 2.24) is 14.9 Å². The summed E-state index contributed by atoms with van der Waals surface area (Å²) in [5, 5.41) is 6.75. The summed E-state index contributed by atoms with van der Waals surface area (Å²) in [5.41, 5.74) is 1.67. The number of ether oxygens (including phenoxy) is 2. The van der Waals surface area contributed by atoms with E-state index in [0.29, 0.717) is 65.9 Å². The summed E-state index contributed by atoms with van der Waals surface area (Å²) in [6, 6.07) is 7.99. The maximum atomic E-state index is 13.7. The number of nitrogens with one attached hydrogen (secondary N) is 2. The summed E-state index contributed by atoms with van der Waals surface area (Å²) in [4.78, 5) is 36.1. The van der Waals surface area contributed by atoms with E-state index in [1.807, 2.05) is 13.0 Å². The molecule has 2 aliphatic rings. The third kappa shape index (κ3) is 7.95. The van der Waals surface area contributed by atoms with Crippen molar-refractivity contribution < 1.29 is 23.5 Å². The summed E-state index contributed by atoms with van der Waals surface area (Å²) < 4.78 is 24.9. The van der Waals surface area contributed by atoms with Crippen LogP contribution in [0, 0.1) is 11.7 Å². The Morgan fingerprint density at radius 1 is 1.17 bits per heavy atom. The average molecular weight is 596 g/mol. The van der Waals surface area contributed by atoms with Crippen LogP contribution in [-0.2, 0) is 14.3 Å². The highest BCUT2D eigenvalue weighted by molar-refractivity contribution is 6.31. The number of carbonyl (C=O) groups is 2. The highest BCUT2D eigenvalue weighted by Gasteiger charge is 2.25. The number of anilines is 3. The minimum Gasteiger partial charge on any atom is -0.491 e. The third-order valence-electron chi connectivity index (χ3n) is 7.41. The summed E-state index contributed by atoms with van der Waals surface area (Å²) in [6.45, 7) is 4.17. The Morgan fingerprint density at radius 3 is 2.81 bits per heavy atom. The van der Waals surface area contributed by atoms with Gasteiger partial charge in [-0.05, 0) is 69.3 Å². The zero-order valence-corrected chi connectivity index (χ0v) is 24.3. The molecule has 2 heterocycles. The van der Waals surface area contributed by atoms with E-state index >= 15 is 0 Å². The van der Waals surface area contributed by atoms with Gasteiger partial charge >= 0.3 is 5.97 Å². The summed E-state index contributed by atoms with van der Waals surface area (Å²) in [7, 11) is 0. The van der Waals surface area contributed by atoms with E-state index in [0.717, 1.165) is 38.6 Å². The van der Waals surface area contributed by atoms with Crippen LogP contribution in [0.2, 0.25) is 5.02 Å². The average Bonchev–Trinajstić information content (AvgIpc) is 3.80. The van der Waals surface area contributed by atoms with Gasteiger partial charge in [0.05, 0.1) is 35.9 Å². The van der Waals surface area contributed by atoms with Gasteiger partial charge in [0.2, 0.25) is 5.91 Å². The SMILES string of the molecule is CCOC(=O)CC1CCCCN1CC=CC(=O)Nc1cc2c(Nc3ccc(F)c(Cl)c3)ncnc2cc1OCC1CC1. The van der Waals surface area contributed by atoms with Gasteiger partial charge in [0.25, 0.3) is 0 Å². The van der Waals surface area contributed by atoms with E-state index in [4.69, 9.17) is 21.1 Å². The monoisotopic (exact) mass is 595 g/mol. The number of halogens is 2. The molecule has 1 aliphatic heterocycles. The lowest BCUT2D eigenvalue weighted by atomic mass is 9.99. The van der Waals surface area contributed by atoms with Crippen molar-refractivity contribution >= 4 is 51.6 Å². The van der Waals surface area contributed by atoms with Crippen LogP contribution < -0.4 is 15.4 Å². The second-order valence-corrected chi connectivity index (χ2v) is 11.0. The van der Waals surface area contributed by atoms with Gasteiger partial charge in [0.15, 0.2) is 0 Å².